The number of hydrogen-bond acceptors (Lipinski definition) is 8. The van der Waals surface area contributed by atoms with Crippen molar-refractivity contribution in [1.29, 1.82) is 0 Å². The molecule has 6 N–H and O–H groups in total. The van der Waals surface area contributed by atoms with Crippen molar-refractivity contribution in [2.45, 2.75) is 78.3 Å². The Kier molecular flexibility index (Phi) is 13.5. The third-order valence-electron chi connectivity index (χ3n) is 6.85. The Morgan fingerprint density at radius 1 is 0.929 bits per heavy atom. The number of carboxylic acids is 1. The van der Waals surface area contributed by atoms with E-state index in [0.717, 1.165) is 24.0 Å². The van der Waals surface area contributed by atoms with Gasteiger partial charge in [0, 0.05) is 36.6 Å². The zero-order valence-corrected chi connectivity index (χ0v) is 24.9. The Morgan fingerprint density at radius 2 is 1.67 bits per heavy atom. The summed E-state index contributed by atoms with van der Waals surface area (Å²) < 4.78 is 6.70. The lowest BCUT2D eigenvalue weighted by atomic mass is 10.1. The number of rotatable bonds is 16. The Labute approximate surface area is 248 Å². The lowest BCUT2D eigenvalue weighted by Gasteiger charge is -2.07. The van der Waals surface area contributed by atoms with E-state index < -0.39 is 5.97 Å². The third-order valence-corrected chi connectivity index (χ3v) is 6.85. The van der Waals surface area contributed by atoms with E-state index in [0.29, 0.717) is 24.8 Å². The first-order valence-electron chi connectivity index (χ1n) is 14.9. The Hall–Kier alpha value is -4.18. The molecule has 0 amide bonds. The molecule has 10 nitrogen and oxygen atoms in total. The van der Waals surface area contributed by atoms with Crippen LogP contribution in [0.25, 0.3) is 10.8 Å². The van der Waals surface area contributed by atoms with Gasteiger partial charge in [0.15, 0.2) is 5.82 Å². The van der Waals surface area contributed by atoms with Crippen LogP contribution in [0.3, 0.4) is 0 Å². The topological polar surface area (TPSA) is 154 Å². The number of unbranched alkanes of at least 4 members (excludes halogenated alkanes) is 7. The standard InChI is InChI=1S/C20H31N3.C12H14N4O3/c1-2-3-4-5-6-7-8-9-13-22-16-17-10-11-19-18(15-17)12-14-23-20(19)21;1-2-19-10-4-3-8(5-14-10)6-16-7-9(12(17)18)11(13)15-16/h10-12,14-15,22H,2-9,13,16H2,1H3,(H2,21,23);3-5,7H,2,6H2,1H3,(H2,13,15)(H,17,18). The van der Waals surface area contributed by atoms with Crippen LogP contribution in [0.15, 0.2) is 55.0 Å². The van der Waals surface area contributed by atoms with E-state index in [-0.39, 0.29) is 11.4 Å². The maximum atomic E-state index is 10.8. The first-order valence-corrected chi connectivity index (χ1v) is 14.9. The van der Waals surface area contributed by atoms with E-state index in [4.69, 9.17) is 21.3 Å². The van der Waals surface area contributed by atoms with Crippen molar-refractivity contribution in [1.82, 2.24) is 25.1 Å². The largest absolute Gasteiger partial charge is 0.478 e. The van der Waals surface area contributed by atoms with Crippen LogP contribution in [-0.4, -0.2) is 44.0 Å². The minimum absolute atomic E-state index is 0.00102. The second-order valence-corrected chi connectivity index (χ2v) is 10.3. The van der Waals surface area contributed by atoms with Crippen molar-refractivity contribution in [3.05, 3.63) is 71.7 Å². The van der Waals surface area contributed by atoms with Crippen molar-refractivity contribution < 1.29 is 14.6 Å². The van der Waals surface area contributed by atoms with Crippen molar-refractivity contribution >= 4 is 28.4 Å². The molecule has 0 aliphatic carbocycles. The van der Waals surface area contributed by atoms with Gasteiger partial charge in [-0.05, 0) is 48.5 Å². The second-order valence-electron chi connectivity index (χ2n) is 10.3. The van der Waals surface area contributed by atoms with Gasteiger partial charge in [0.25, 0.3) is 0 Å². The molecular weight excluding hydrogens is 530 g/mol. The number of carboxylic acid groups (broad SMARTS) is 1. The van der Waals surface area contributed by atoms with Crippen molar-refractivity contribution in [3.8, 4) is 5.88 Å². The fourth-order valence-electron chi connectivity index (χ4n) is 4.58. The summed E-state index contributed by atoms with van der Waals surface area (Å²) in [5.41, 5.74) is 13.6. The molecular formula is C32H45N7O3. The summed E-state index contributed by atoms with van der Waals surface area (Å²) in [5.74, 6) is 0.0818. The average Bonchev–Trinajstić information content (AvgIpc) is 3.35. The predicted octanol–water partition coefficient (Wildman–Crippen LogP) is 6.05. The third kappa shape index (κ3) is 10.7. The van der Waals surface area contributed by atoms with Crippen LogP contribution in [0.5, 0.6) is 5.88 Å². The summed E-state index contributed by atoms with van der Waals surface area (Å²) in [6.07, 6.45) is 15.8. The molecule has 0 atom stereocenters. The number of nitrogens with two attached hydrogens (primary N) is 2. The van der Waals surface area contributed by atoms with Crippen LogP contribution < -0.4 is 21.5 Å². The van der Waals surface area contributed by atoms with Gasteiger partial charge in [-0.15, -0.1) is 0 Å². The van der Waals surface area contributed by atoms with Gasteiger partial charge in [-0.3, -0.25) is 4.68 Å². The number of nitrogens with zero attached hydrogens (tertiary/aromatic N) is 4. The minimum atomic E-state index is -1.09. The fourth-order valence-corrected chi connectivity index (χ4v) is 4.58. The van der Waals surface area contributed by atoms with Crippen LogP contribution in [0.2, 0.25) is 0 Å². The van der Waals surface area contributed by atoms with E-state index >= 15 is 0 Å². The minimum Gasteiger partial charge on any atom is -0.478 e. The van der Waals surface area contributed by atoms with E-state index in [9.17, 15) is 4.79 Å². The molecule has 0 radical (unpaired) electrons. The van der Waals surface area contributed by atoms with E-state index in [1.54, 1.807) is 18.5 Å². The highest BCUT2D eigenvalue weighted by Crippen LogP contribution is 2.20. The van der Waals surface area contributed by atoms with E-state index in [1.807, 2.05) is 19.1 Å². The number of pyridine rings is 2. The number of benzene rings is 1. The molecule has 4 rings (SSSR count). The number of aromatic carboxylic acids is 1. The Morgan fingerprint density at radius 3 is 2.33 bits per heavy atom. The molecule has 0 fully saturated rings. The maximum absolute atomic E-state index is 10.8. The van der Waals surface area contributed by atoms with Gasteiger partial charge < -0.3 is 26.6 Å². The van der Waals surface area contributed by atoms with E-state index in [2.05, 4.69) is 45.5 Å². The lowest BCUT2D eigenvalue weighted by molar-refractivity contribution is 0.0698. The van der Waals surface area contributed by atoms with Crippen molar-refractivity contribution in [2.75, 3.05) is 24.6 Å². The quantitative estimate of drug-likeness (QED) is 0.117. The zero-order chi connectivity index (χ0) is 30.2. The molecule has 1 aromatic carbocycles. The first-order chi connectivity index (χ1) is 20.4. The molecule has 3 heterocycles. The normalized spacial score (nSPS) is 10.8. The average molecular weight is 576 g/mol. The highest BCUT2D eigenvalue weighted by molar-refractivity contribution is 5.92. The lowest BCUT2D eigenvalue weighted by Crippen LogP contribution is -2.14. The number of hydrogen-bond donors (Lipinski definition) is 4. The van der Waals surface area contributed by atoms with Crippen LogP contribution in [-0.2, 0) is 13.1 Å². The van der Waals surface area contributed by atoms with Crippen molar-refractivity contribution in [2.24, 2.45) is 0 Å². The number of carbonyl (C=O) groups is 1. The molecule has 226 valence electrons. The smallest absolute Gasteiger partial charge is 0.341 e. The molecule has 0 aliphatic heterocycles. The number of ether oxygens (including phenoxy) is 1. The number of fused-ring (bicyclic) bond motifs is 1. The van der Waals surface area contributed by atoms with Gasteiger partial charge in [0.1, 0.15) is 11.4 Å². The van der Waals surface area contributed by atoms with Gasteiger partial charge in [-0.25, -0.2) is 14.8 Å². The highest BCUT2D eigenvalue weighted by atomic mass is 16.5. The van der Waals surface area contributed by atoms with E-state index in [1.165, 1.54) is 73.2 Å². The molecule has 0 bridgehead atoms. The second kappa shape index (κ2) is 17.6. The molecule has 0 unspecified atom stereocenters. The number of aromatic nitrogens is 4. The molecule has 4 aromatic rings. The molecule has 0 aliphatic rings. The first kappa shape index (κ1) is 32.3. The molecule has 3 aromatic heterocycles. The van der Waals surface area contributed by atoms with Gasteiger partial charge in [-0.2, -0.15) is 5.10 Å². The van der Waals surface area contributed by atoms with Crippen LogP contribution >= 0.6 is 0 Å². The molecule has 0 saturated heterocycles. The zero-order valence-electron chi connectivity index (χ0n) is 24.9. The SMILES string of the molecule is CCCCCCCCCCNCc1ccc2c(N)nccc2c1.CCOc1ccc(Cn2cc(C(=O)O)c(N)n2)cn1. The maximum Gasteiger partial charge on any atom is 0.341 e. The number of nitrogen functional groups attached to an aromatic ring is 2. The van der Waals surface area contributed by atoms with Crippen LogP contribution in [0, 0.1) is 0 Å². The summed E-state index contributed by atoms with van der Waals surface area (Å²) in [5, 5.41) is 18.6. The summed E-state index contributed by atoms with van der Waals surface area (Å²) in [4.78, 5) is 19.1. The molecule has 10 heteroatoms. The van der Waals surface area contributed by atoms with Crippen LogP contribution in [0.1, 0.15) is 86.7 Å². The Bertz CT molecular complexity index is 1370. The van der Waals surface area contributed by atoms with Gasteiger partial charge in [0.2, 0.25) is 5.88 Å². The molecule has 42 heavy (non-hydrogen) atoms. The van der Waals surface area contributed by atoms with Gasteiger partial charge in [0.05, 0.1) is 13.2 Å². The molecule has 0 spiro atoms. The Balaban J connectivity index is 0.000000235. The summed E-state index contributed by atoms with van der Waals surface area (Å²) in [6, 6.07) is 12.0. The summed E-state index contributed by atoms with van der Waals surface area (Å²) in [6.45, 7) is 7.14. The van der Waals surface area contributed by atoms with Crippen molar-refractivity contribution in [3.63, 3.8) is 0 Å². The monoisotopic (exact) mass is 575 g/mol. The van der Waals surface area contributed by atoms with Crippen LogP contribution in [0.4, 0.5) is 11.6 Å². The molecule has 0 saturated carbocycles. The number of anilines is 2. The van der Waals surface area contributed by atoms with Gasteiger partial charge >= 0.3 is 5.97 Å². The highest BCUT2D eigenvalue weighted by Gasteiger charge is 2.12. The summed E-state index contributed by atoms with van der Waals surface area (Å²) >= 11 is 0. The fraction of sp³-hybridized carbons (Fsp3) is 0.438. The summed E-state index contributed by atoms with van der Waals surface area (Å²) in [7, 11) is 0. The van der Waals surface area contributed by atoms with Gasteiger partial charge in [-0.1, -0.05) is 70.1 Å². The predicted molar refractivity (Wildman–Crippen MR) is 169 cm³/mol. The number of nitrogens with one attached hydrogen (secondary N) is 1.